The molecule has 10 heavy (non-hydrogen) atoms. The maximum absolute atomic E-state index is 5.43. The van der Waals surface area contributed by atoms with E-state index < -0.39 is 0 Å². The summed E-state index contributed by atoms with van der Waals surface area (Å²) in [7, 11) is 0. The SMILES string of the molecule is C=C(N)/C(C)=C(\C)C(=C)N. The first-order valence-corrected chi connectivity index (χ1v) is 3.03. The van der Waals surface area contributed by atoms with Crippen molar-refractivity contribution in [3.05, 3.63) is 35.7 Å². The van der Waals surface area contributed by atoms with Crippen LogP contribution in [-0.4, -0.2) is 0 Å². The Bertz CT molecular complexity index is 177. The van der Waals surface area contributed by atoms with Crippen LogP contribution < -0.4 is 11.5 Å². The van der Waals surface area contributed by atoms with Gasteiger partial charge in [-0.15, -0.1) is 0 Å². The van der Waals surface area contributed by atoms with Gasteiger partial charge >= 0.3 is 0 Å². The van der Waals surface area contributed by atoms with Gasteiger partial charge in [-0.2, -0.15) is 0 Å². The molecule has 4 N–H and O–H groups in total. The Hall–Kier alpha value is -1.18. The molecular formula is C8H14N2. The average molecular weight is 138 g/mol. The van der Waals surface area contributed by atoms with E-state index in [1.54, 1.807) is 0 Å². The topological polar surface area (TPSA) is 52.0 Å². The van der Waals surface area contributed by atoms with E-state index in [-0.39, 0.29) is 0 Å². The lowest BCUT2D eigenvalue weighted by atomic mass is 10.1. The van der Waals surface area contributed by atoms with Gasteiger partial charge in [-0.05, 0) is 25.0 Å². The fourth-order valence-electron chi connectivity index (χ4n) is 0.482. The van der Waals surface area contributed by atoms with Crippen molar-refractivity contribution in [2.75, 3.05) is 0 Å². The number of rotatable bonds is 2. The molecular weight excluding hydrogens is 124 g/mol. The van der Waals surface area contributed by atoms with Gasteiger partial charge < -0.3 is 11.5 Å². The summed E-state index contributed by atoms with van der Waals surface area (Å²) in [6, 6.07) is 0. The van der Waals surface area contributed by atoms with E-state index >= 15 is 0 Å². The minimum atomic E-state index is 0.545. The second-order valence-electron chi connectivity index (χ2n) is 2.30. The second kappa shape index (κ2) is 3.11. The Morgan fingerprint density at radius 2 is 1.10 bits per heavy atom. The van der Waals surface area contributed by atoms with Crippen LogP contribution in [0.25, 0.3) is 0 Å². The van der Waals surface area contributed by atoms with Crippen molar-refractivity contribution in [2.24, 2.45) is 11.5 Å². The molecule has 0 saturated heterocycles. The van der Waals surface area contributed by atoms with Crippen LogP contribution in [0.15, 0.2) is 35.7 Å². The van der Waals surface area contributed by atoms with Gasteiger partial charge in [0.05, 0.1) is 0 Å². The van der Waals surface area contributed by atoms with Crippen molar-refractivity contribution in [1.29, 1.82) is 0 Å². The highest BCUT2D eigenvalue weighted by molar-refractivity contribution is 5.37. The van der Waals surface area contributed by atoms with Crippen LogP contribution in [0.3, 0.4) is 0 Å². The smallest absolute Gasteiger partial charge is 0.0274 e. The zero-order valence-electron chi connectivity index (χ0n) is 6.57. The third-order valence-electron chi connectivity index (χ3n) is 1.53. The van der Waals surface area contributed by atoms with E-state index in [1.807, 2.05) is 13.8 Å². The summed E-state index contributed by atoms with van der Waals surface area (Å²) in [5, 5.41) is 0. The fourth-order valence-corrected chi connectivity index (χ4v) is 0.482. The molecule has 0 unspecified atom stereocenters. The molecule has 0 aliphatic rings. The first-order chi connectivity index (χ1) is 4.46. The zero-order chi connectivity index (χ0) is 8.31. The number of hydrogen-bond acceptors (Lipinski definition) is 2. The summed E-state index contributed by atoms with van der Waals surface area (Å²) < 4.78 is 0. The molecule has 2 nitrogen and oxygen atoms in total. The van der Waals surface area contributed by atoms with Crippen molar-refractivity contribution in [1.82, 2.24) is 0 Å². The van der Waals surface area contributed by atoms with Crippen LogP contribution >= 0.6 is 0 Å². The van der Waals surface area contributed by atoms with Gasteiger partial charge in [-0.3, -0.25) is 0 Å². The lowest BCUT2D eigenvalue weighted by Crippen LogP contribution is -2.03. The summed E-state index contributed by atoms with van der Waals surface area (Å²) in [4.78, 5) is 0. The predicted octanol–water partition coefficient (Wildman–Crippen LogP) is 1.27. The maximum Gasteiger partial charge on any atom is 0.0274 e. The highest BCUT2D eigenvalue weighted by Gasteiger charge is 1.97. The Kier molecular flexibility index (Phi) is 2.74. The second-order valence-corrected chi connectivity index (χ2v) is 2.30. The summed E-state index contributed by atoms with van der Waals surface area (Å²) >= 11 is 0. The molecule has 0 radical (unpaired) electrons. The highest BCUT2D eigenvalue weighted by Crippen LogP contribution is 2.11. The Labute approximate surface area is 61.9 Å². The number of hydrogen-bond donors (Lipinski definition) is 2. The molecule has 0 aromatic rings. The van der Waals surface area contributed by atoms with Crippen molar-refractivity contribution in [2.45, 2.75) is 13.8 Å². The van der Waals surface area contributed by atoms with E-state index in [4.69, 9.17) is 11.5 Å². The van der Waals surface area contributed by atoms with E-state index in [2.05, 4.69) is 13.2 Å². The molecule has 0 fully saturated rings. The number of allylic oxidation sites excluding steroid dienone is 2. The van der Waals surface area contributed by atoms with Crippen LogP contribution in [-0.2, 0) is 0 Å². The van der Waals surface area contributed by atoms with Crippen LogP contribution in [0.4, 0.5) is 0 Å². The Morgan fingerprint density at radius 1 is 0.900 bits per heavy atom. The normalized spacial score (nSPS) is 12.2. The van der Waals surface area contributed by atoms with Crippen molar-refractivity contribution in [3.63, 3.8) is 0 Å². The molecule has 0 aromatic heterocycles. The minimum Gasteiger partial charge on any atom is -0.399 e. The molecule has 0 heterocycles. The van der Waals surface area contributed by atoms with Gasteiger partial charge in [-0.1, -0.05) is 13.2 Å². The molecule has 0 saturated carbocycles. The van der Waals surface area contributed by atoms with E-state index in [9.17, 15) is 0 Å². The molecule has 2 heteroatoms. The number of nitrogens with two attached hydrogens (primary N) is 2. The van der Waals surface area contributed by atoms with Gasteiger partial charge in [0, 0.05) is 11.4 Å². The first kappa shape index (κ1) is 8.82. The zero-order valence-corrected chi connectivity index (χ0v) is 6.57. The van der Waals surface area contributed by atoms with Gasteiger partial charge in [-0.25, -0.2) is 0 Å². The standard InChI is InChI=1S/C8H14N2/c1-5(7(3)9)6(2)8(4)10/h3-4,9-10H2,1-2H3/b6-5+. The van der Waals surface area contributed by atoms with Crippen molar-refractivity contribution < 1.29 is 0 Å². The lowest BCUT2D eigenvalue weighted by molar-refractivity contribution is 1.19. The molecule has 0 aliphatic carbocycles. The molecule has 56 valence electrons. The highest BCUT2D eigenvalue weighted by atomic mass is 14.6. The lowest BCUT2D eigenvalue weighted by Gasteiger charge is -2.05. The minimum absolute atomic E-state index is 0.545. The average Bonchev–Trinajstić information content (AvgIpc) is 1.84. The Balaban J connectivity index is 4.67. The maximum atomic E-state index is 5.43. The summed E-state index contributed by atoms with van der Waals surface area (Å²) in [6.45, 7) is 10.9. The quantitative estimate of drug-likeness (QED) is 0.564. The van der Waals surface area contributed by atoms with Gasteiger partial charge in [0.1, 0.15) is 0 Å². The van der Waals surface area contributed by atoms with Crippen molar-refractivity contribution in [3.8, 4) is 0 Å². The molecule has 0 bridgehead atoms. The predicted molar refractivity (Wildman–Crippen MR) is 45.0 cm³/mol. The largest absolute Gasteiger partial charge is 0.399 e. The van der Waals surface area contributed by atoms with E-state index in [0.717, 1.165) is 11.1 Å². The van der Waals surface area contributed by atoms with Gasteiger partial charge in [0.25, 0.3) is 0 Å². The van der Waals surface area contributed by atoms with Crippen LogP contribution in [0, 0.1) is 0 Å². The first-order valence-electron chi connectivity index (χ1n) is 3.03. The third-order valence-corrected chi connectivity index (χ3v) is 1.53. The van der Waals surface area contributed by atoms with E-state index in [1.165, 1.54) is 0 Å². The van der Waals surface area contributed by atoms with Gasteiger partial charge in [0.15, 0.2) is 0 Å². The summed E-state index contributed by atoms with van der Waals surface area (Å²) in [6.07, 6.45) is 0. The molecule has 0 aromatic carbocycles. The fraction of sp³-hybridized carbons (Fsp3) is 0.250. The Morgan fingerprint density at radius 3 is 1.20 bits per heavy atom. The molecule has 0 amide bonds. The molecule has 0 spiro atoms. The molecule has 0 rings (SSSR count). The summed E-state index contributed by atoms with van der Waals surface area (Å²) in [5.41, 5.74) is 13.8. The van der Waals surface area contributed by atoms with E-state index in [0.29, 0.717) is 11.4 Å². The van der Waals surface area contributed by atoms with Crippen molar-refractivity contribution >= 4 is 0 Å². The third kappa shape index (κ3) is 1.97. The van der Waals surface area contributed by atoms with Crippen LogP contribution in [0.2, 0.25) is 0 Å². The molecule has 0 aliphatic heterocycles. The molecule has 0 atom stereocenters. The summed E-state index contributed by atoms with van der Waals surface area (Å²) in [5.74, 6) is 0. The van der Waals surface area contributed by atoms with Crippen LogP contribution in [0.5, 0.6) is 0 Å². The van der Waals surface area contributed by atoms with Gasteiger partial charge in [0.2, 0.25) is 0 Å². The van der Waals surface area contributed by atoms with Crippen LogP contribution in [0.1, 0.15) is 13.8 Å². The monoisotopic (exact) mass is 138 g/mol.